The van der Waals surface area contributed by atoms with Crippen LogP contribution in [0.25, 0.3) is 0 Å². The zero-order valence-electron chi connectivity index (χ0n) is 13.4. The molecule has 0 saturated carbocycles. The van der Waals surface area contributed by atoms with Crippen LogP contribution in [-0.2, 0) is 10.5 Å². The fraction of sp³-hybridized carbons (Fsp3) is 0.278. The highest BCUT2D eigenvalue weighted by Crippen LogP contribution is 2.33. The SMILES string of the molecule is CC(SCc1ccccc1Cl)C(C)(Oc1ccc(O)cc1)C(=O)O. The normalized spacial score (nSPS) is 14.6. The molecule has 2 aromatic rings. The smallest absolute Gasteiger partial charge is 0.348 e. The van der Waals surface area contributed by atoms with Crippen LogP contribution < -0.4 is 4.74 Å². The number of carbonyl (C=O) groups is 1. The van der Waals surface area contributed by atoms with Gasteiger partial charge < -0.3 is 14.9 Å². The summed E-state index contributed by atoms with van der Waals surface area (Å²) < 4.78 is 5.73. The van der Waals surface area contributed by atoms with E-state index in [1.807, 2.05) is 31.2 Å². The van der Waals surface area contributed by atoms with Gasteiger partial charge in [0.25, 0.3) is 0 Å². The predicted molar refractivity (Wildman–Crippen MR) is 97.0 cm³/mol. The Hall–Kier alpha value is -1.85. The standard InChI is InChI=1S/C18H19ClO4S/c1-12(24-11-13-5-3-4-6-16(13)19)18(2,17(21)22)23-15-9-7-14(20)8-10-15/h3-10,12,20H,11H2,1-2H3,(H,21,22). The van der Waals surface area contributed by atoms with Crippen molar-refractivity contribution in [3.63, 3.8) is 0 Å². The van der Waals surface area contributed by atoms with E-state index in [2.05, 4.69) is 0 Å². The molecule has 0 bridgehead atoms. The van der Waals surface area contributed by atoms with Crippen molar-refractivity contribution in [3.8, 4) is 11.5 Å². The summed E-state index contributed by atoms with van der Waals surface area (Å²) in [4.78, 5) is 11.8. The summed E-state index contributed by atoms with van der Waals surface area (Å²) >= 11 is 7.61. The monoisotopic (exact) mass is 366 g/mol. The lowest BCUT2D eigenvalue weighted by molar-refractivity contribution is -0.153. The lowest BCUT2D eigenvalue weighted by Crippen LogP contribution is -2.49. The van der Waals surface area contributed by atoms with Gasteiger partial charge in [0.15, 0.2) is 0 Å². The maximum absolute atomic E-state index is 11.8. The average Bonchev–Trinajstić information content (AvgIpc) is 2.55. The number of ether oxygens (including phenoxy) is 1. The highest BCUT2D eigenvalue weighted by molar-refractivity contribution is 7.99. The topological polar surface area (TPSA) is 66.8 Å². The first-order chi connectivity index (χ1) is 11.3. The van der Waals surface area contributed by atoms with E-state index in [-0.39, 0.29) is 11.0 Å². The molecule has 0 heterocycles. The Bertz CT molecular complexity index is 704. The van der Waals surface area contributed by atoms with Crippen LogP contribution in [0.15, 0.2) is 48.5 Å². The molecular weight excluding hydrogens is 348 g/mol. The molecule has 4 nitrogen and oxygen atoms in total. The molecule has 0 aliphatic carbocycles. The van der Waals surface area contributed by atoms with Gasteiger partial charge in [-0.25, -0.2) is 4.79 Å². The molecule has 128 valence electrons. The van der Waals surface area contributed by atoms with E-state index >= 15 is 0 Å². The molecule has 0 fully saturated rings. The molecule has 0 spiro atoms. The number of phenolic OH excluding ortho intramolecular Hbond substituents is 1. The minimum absolute atomic E-state index is 0.0977. The number of carboxylic acids is 1. The average molecular weight is 367 g/mol. The summed E-state index contributed by atoms with van der Waals surface area (Å²) in [6.07, 6.45) is 0. The number of rotatable bonds is 7. The third-order valence-electron chi connectivity index (χ3n) is 3.81. The molecule has 0 aliphatic heterocycles. The number of halogens is 1. The van der Waals surface area contributed by atoms with Gasteiger partial charge in [0.05, 0.1) is 5.25 Å². The number of carboxylic acid groups (broad SMARTS) is 1. The molecule has 0 amide bonds. The predicted octanol–water partition coefficient (Wildman–Crippen LogP) is 4.59. The van der Waals surface area contributed by atoms with Crippen molar-refractivity contribution < 1.29 is 19.7 Å². The first-order valence-corrected chi connectivity index (χ1v) is 8.82. The van der Waals surface area contributed by atoms with Gasteiger partial charge in [-0.05, 0) is 49.7 Å². The van der Waals surface area contributed by atoms with Crippen LogP contribution in [0.3, 0.4) is 0 Å². The molecule has 0 saturated heterocycles. The van der Waals surface area contributed by atoms with Crippen molar-refractivity contribution in [2.45, 2.75) is 30.5 Å². The van der Waals surface area contributed by atoms with Crippen molar-refractivity contribution in [2.75, 3.05) is 0 Å². The summed E-state index contributed by atoms with van der Waals surface area (Å²) in [7, 11) is 0. The third-order valence-corrected chi connectivity index (χ3v) is 5.61. The maximum atomic E-state index is 11.8. The largest absolute Gasteiger partial charge is 0.508 e. The third kappa shape index (κ3) is 4.36. The van der Waals surface area contributed by atoms with Crippen molar-refractivity contribution in [2.24, 2.45) is 0 Å². The van der Waals surface area contributed by atoms with Crippen LogP contribution in [0, 0.1) is 0 Å². The Labute approximate surface area is 150 Å². The van der Waals surface area contributed by atoms with Gasteiger partial charge in [-0.3, -0.25) is 0 Å². The van der Waals surface area contributed by atoms with E-state index in [9.17, 15) is 15.0 Å². The fourth-order valence-corrected chi connectivity index (χ4v) is 3.48. The second kappa shape index (κ2) is 7.81. The lowest BCUT2D eigenvalue weighted by atomic mass is 10.0. The van der Waals surface area contributed by atoms with Crippen molar-refractivity contribution in [1.82, 2.24) is 0 Å². The molecule has 0 aliphatic rings. The van der Waals surface area contributed by atoms with E-state index in [1.54, 1.807) is 19.1 Å². The molecule has 2 aromatic carbocycles. The molecule has 2 atom stereocenters. The van der Waals surface area contributed by atoms with Gasteiger partial charge in [0, 0.05) is 10.8 Å². The van der Waals surface area contributed by atoms with Crippen LogP contribution >= 0.6 is 23.4 Å². The zero-order chi connectivity index (χ0) is 17.7. The van der Waals surface area contributed by atoms with E-state index in [1.165, 1.54) is 23.9 Å². The van der Waals surface area contributed by atoms with Gasteiger partial charge in [-0.1, -0.05) is 29.8 Å². The first kappa shape index (κ1) is 18.5. The van der Waals surface area contributed by atoms with Crippen LogP contribution in [0.2, 0.25) is 5.02 Å². The molecular formula is C18H19ClO4S. The quantitative estimate of drug-likeness (QED) is 0.750. The molecule has 24 heavy (non-hydrogen) atoms. The Morgan fingerprint density at radius 1 is 1.25 bits per heavy atom. The van der Waals surface area contributed by atoms with Gasteiger partial charge in [0.1, 0.15) is 11.5 Å². The lowest BCUT2D eigenvalue weighted by Gasteiger charge is -2.32. The number of benzene rings is 2. The number of phenols is 1. The number of aromatic hydroxyl groups is 1. The van der Waals surface area contributed by atoms with E-state index in [4.69, 9.17) is 16.3 Å². The van der Waals surface area contributed by atoms with Crippen LogP contribution in [0.4, 0.5) is 0 Å². The number of thioether (sulfide) groups is 1. The molecule has 6 heteroatoms. The Kier molecular flexibility index (Phi) is 6.02. The van der Waals surface area contributed by atoms with E-state index < -0.39 is 11.6 Å². The highest BCUT2D eigenvalue weighted by Gasteiger charge is 2.42. The Balaban J connectivity index is 2.11. The maximum Gasteiger partial charge on any atom is 0.348 e. The molecule has 0 aromatic heterocycles. The molecule has 2 rings (SSSR count). The van der Waals surface area contributed by atoms with Gasteiger partial charge in [-0.15, -0.1) is 11.8 Å². The summed E-state index contributed by atoms with van der Waals surface area (Å²) in [5.74, 6) is 0.0287. The second-order valence-electron chi connectivity index (χ2n) is 5.55. The van der Waals surface area contributed by atoms with E-state index in [0.717, 1.165) is 5.56 Å². The number of aliphatic carboxylic acids is 1. The Morgan fingerprint density at radius 3 is 2.46 bits per heavy atom. The van der Waals surface area contributed by atoms with Crippen LogP contribution in [-0.4, -0.2) is 27.0 Å². The van der Waals surface area contributed by atoms with Gasteiger partial charge in [0.2, 0.25) is 5.60 Å². The Morgan fingerprint density at radius 2 is 1.88 bits per heavy atom. The zero-order valence-corrected chi connectivity index (χ0v) is 15.0. The summed E-state index contributed by atoms with van der Waals surface area (Å²) in [6, 6.07) is 13.5. The van der Waals surface area contributed by atoms with Crippen LogP contribution in [0.1, 0.15) is 19.4 Å². The molecule has 2 unspecified atom stereocenters. The molecule has 0 radical (unpaired) electrons. The fourth-order valence-electron chi connectivity index (χ4n) is 2.05. The first-order valence-electron chi connectivity index (χ1n) is 7.39. The van der Waals surface area contributed by atoms with Crippen molar-refractivity contribution in [3.05, 3.63) is 59.1 Å². The van der Waals surface area contributed by atoms with Gasteiger partial charge in [-0.2, -0.15) is 0 Å². The second-order valence-corrected chi connectivity index (χ2v) is 7.29. The number of hydrogen-bond acceptors (Lipinski definition) is 4. The minimum atomic E-state index is -1.41. The summed E-state index contributed by atoms with van der Waals surface area (Å²) in [5, 5.41) is 19.3. The highest BCUT2D eigenvalue weighted by atomic mass is 35.5. The van der Waals surface area contributed by atoms with Crippen molar-refractivity contribution >= 4 is 29.3 Å². The van der Waals surface area contributed by atoms with E-state index in [0.29, 0.717) is 16.5 Å². The van der Waals surface area contributed by atoms with Crippen LogP contribution in [0.5, 0.6) is 11.5 Å². The summed E-state index contributed by atoms with van der Waals surface area (Å²) in [5.41, 5.74) is -0.462. The summed E-state index contributed by atoms with van der Waals surface area (Å²) in [6.45, 7) is 3.36. The van der Waals surface area contributed by atoms with Gasteiger partial charge >= 0.3 is 5.97 Å². The van der Waals surface area contributed by atoms with Crippen molar-refractivity contribution in [1.29, 1.82) is 0 Å². The number of hydrogen-bond donors (Lipinski definition) is 2. The minimum Gasteiger partial charge on any atom is -0.508 e. The molecule has 2 N–H and O–H groups in total.